The van der Waals surface area contributed by atoms with Crippen LogP contribution in [0.25, 0.3) is 0 Å². The van der Waals surface area contributed by atoms with Crippen LogP contribution < -0.4 is 5.32 Å². The van der Waals surface area contributed by atoms with Crippen molar-refractivity contribution in [1.82, 2.24) is 10.2 Å². The number of nitrogens with zero attached hydrogens (tertiary/aromatic N) is 1. The molecule has 2 saturated heterocycles. The van der Waals surface area contributed by atoms with Gasteiger partial charge in [0.1, 0.15) is 19.2 Å². The summed E-state index contributed by atoms with van der Waals surface area (Å²) in [6.45, 7) is 3.78. The molecule has 1 N–H and O–H groups in total. The van der Waals surface area contributed by atoms with Crippen LogP contribution in [0.5, 0.6) is 0 Å². The van der Waals surface area contributed by atoms with E-state index < -0.39 is 0 Å². The van der Waals surface area contributed by atoms with Crippen LogP contribution in [0.2, 0.25) is 0 Å². The number of carbonyl (C=O) groups is 4. The molecule has 3 aliphatic heterocycles. The molecule has 3 heterocycles. The van der Waals surface area contributed by atoms with Crippen molar-refractivity contribution in [3.05, 3.63) is 34.4 Å². The molecule has 1 aromatic carbocycles. The van der Waals surface area contributed by atoms with Gasteiger partial charge in [-0.2, -0.15) is 0 Å². The van der Waals surface area contributed by atoms with Crippen molar-refractivity contribution in [3.8, 4) is 0 Å². The fourth-order valence-electron chi connectivity index (χ4n) is 6.27. The Balaban J connectivity index is 0.000000262. The number of nitrogens with one attached hydrogen (secondary N) is 1. The molecule has 3 unspecified atom stereocenters. The number of benzene rings is 1. The van der Waals surface area contributed by atoms with E-state index in [1.807, 2.05) is 6.07 Å². The van der Waals surface area contributed by atoms with Crippen molar-refractivity contribution in [2.75, 3.05) is 33.9 Å². The van der Waals surface area contributed by atoms with Crippen molar-refractivity contribution >= 4 is 24.8 Å². The summed E-state index contributed by atoms with van der Waals surface area (Å²) in [6.07, 6.45) is 11.3. The van der Waals surface area contributed by atoms with Crippen molar-refractivity contribution in [3.63, 3.8) is 0 Å². The van der Waals surface area contributed by atoms with E-state index in [9.17, 15) is 19.2 Å². The SMILES string of the molecule is CC1CCC(c2ccc(C(=O)COC=O)c3c2C2CCC3N2C)CC1.COCC=O.O=CC1CCCN1. The molecule has 8 nitrogen and oxygen atoms in total. The Morgan fingerprint density at radius 3 is 2.24 bits per heavy atom. The highest BCUT2D eigenvalue weighted by molar-refractivity contribution is 5.99. The second-order valence-corrected chi connectivity index (χ2v) is 10.6. The predicted molar refractivity (Wildman–Crippen MR) is 141 cm³/mol. The summed E-state index contributed by atoms with van der Waals surface area (Å²) in [5, 5.41) is 3.04. The van der Waals surface area contributed by atoms with Crippen LogP contribution in [0.3, 0.4) is 0 Å². The maximum Gasteiger partial charge on any atom is 0.293 e. The molecule has 1 aliphatic carbocycles. The van der Waals surface area contributed by atoms with Crippen LogP contribution in [-0.2, 0) is 23.9 Å². The van der Waals surface area contributed by atoms with Crippen LogP contribution in [0.15, 0.2) is 12.1 Å². The van der Waals surface area contributed by atoms with Gasteiger partial charge in [-0.05, 0) is 80.6 Å². The maximum atomic E-state index is 12.6. The average molecular weight is 515 g/mol. The first kappa shape index (κ1) is 29.1. The molecule has 0 aromatic heterocycles. The number of Topliss-reactive ketones (excluding diaryl/α,β-unsaturated/α-hetero) is 1. The van der Waals surface area contributed by atoms with Gasteiger partial charge in [-0.25, -0.2) is 0 Å². The molecule has 4 aliphatic rings. The van der Waals surface area contributed by atoms with E-state index in [0.717, 1.165) is 43.6 Å². The molecule has 0 spiro atoms. The van der Waals surface area contributed by atoms with Crippen LogP contribution in [0.1, 0.15) is 103 Å². The fraction of sp³-hybridized carbons (Fsp3) is 0.655. The molecule has 0 amide bonds. The summed E-state index contributed by atoms with van der Waals surface area (Å²) >= 11 is 0. The van der Waals surface area contributed by atoms with Crippen LogP contribution in [0.4, 0.5) is 0 Å². The molecule has 3 atom stereocenters. The standard InChI is InChI=1S/C21H27NO3.C5H9NO.C3H6O2/c1-13-3-5-14(6-4-13)15-7-8-16(19(24)11-25-12-23)21-18-10-9-17(20(15)21)22(18)2;7-4-5-2-1-3-6-5;1-5-3-2-4/h7-8,12-14,17-18H,3-6,9-11H2,1-2H3;4-6H,1-3H2;2H,3H2,1H3. The number of aldehydes is 2. The third-order valence-corrected chi connectivity index (χ3v) is 8.22. The molecular formula is C29H42N2O6. The second kappa shape index (κ2) is 14.5. The van der Waals surface area contributed by atoms with Gasteiger partial charge in [0.15, 0.2) is 6.61 Å². The summed E-state index contributed by atoms with van der Waals surface area (Å²) in [4.78, 5) is 44.7. The molecule has 2 bridgehead atoms. The van der Waals surface area contributed by atoms with Crippen LogP contribution >= 0.6 is 0 Å². The molecule has 0 radical (unpaired) electrons. The van der Waals surface area contributed by atoms with Gasteiger partial charge in [-0.15, -0.1) is 0 Å². The van der Waals surface area contributed by atoms with Gasteiger partial charge in [-0.3, -0.25) is 14.5 Å². The first-order valence-electron chi connectivity index (χ1n) is 13.5. The molecule has 8 heteroatoms. The molecule has 1 aromatic rings. The number of ketones is 1. The number of hydrogen-bond acceptors (Lipinski definition) is 8. The monoisotopic (exact) mass is 514 g/mol. The Morgan fingerprint density at radius 1 is 1.03 bits per heavy atom. The number of fused-ring (bicyclic) bond motifs is 5. The largest absolute Gasteiger partial charge is 0.459 e. The molecular weight excluding hydrogens is 472 g/mol. The highest BCUT2D eigenvalue weighted by Gasteiger charge is 2.45. The molecule has 204 valence electrons. The van der Waals surface area contributed by atoms with E-state index in [1.54, 1.807) is 0 Å². The van der Waals surface area contributed by atoms with Gasteiger partial charge < -0.3 is 24.4 Å². The van der Waals surface area contributed by atoms with Gasteiger partial charge in [0.25, 0.3) is 6.47 Å². The quantitative estimate of drug-likeness (QED) is 0.411. The minimum atomic E-state index is -0.155. The number of methoxy groups -OCH3 is 1. The minimum Gasteiger partial charge on any atom is -0.459 e. The Bertz CT molecular complexity index is 921. The number of ether oxygens (including phenoxy) is 2. The van der Waals surface area contributed by atoms with E-state index in [4.69, 9.17) is 4.74 Å². The highest BCUT2D eigenvalue weighted by atomic mass is 16.5. The zero-order chi connectivity index (χ0) is 26.8. The summed E-state index contributed by atoms with van der Waals surface area (Å²) in [5.41, 5.74) is 4.90. The molecule has 1 saturated carbocycles. The van der Waals surface area contributed by atoms with Crippen molar-refractivity contribution in [2.45, 2.75) is 82.3 Å². The Kier molecular flexibility index (Phi) is 11.4. The third-order valence-electron chi connectivity index (χ3n) is 8.22. The lowest BCUT2D eigenvalue weighted by Crippen LogP contribution is -2.21. The van der Waals surface area contributed by atoms with E-state index in [-0.39, 0.29) is 25.0 Å². The summed E-state index contributed by atoms with van der Waals surface area (Å²) in [6, 6.07) is 5.16. The average Bonchev–Trinajstić information content (AvgIpc) is 3.64. The van der Waals surface area contributed by atoms with E-state index >= 15 is 0 Å². The lowest BCUT2D eigenvalue weighted by molar-refractivity contribution is -0.127. The first-order chi connectivity index (χ1) is 18.0. The molecule has 5 rings (SSSR count). The van der Waals surface area contributed by atoms with Crippen molar-refractivity contribution < 1.29 is 28.7 Å². The summed E-state index contributed by atoms with van der Waals surface area (Å²) in [7, 11) is 3.67. The van der Waals surface area contributed by atoms with Crippen LogP contribution in [-0.4, -0.2) is 69.7 Å². The topological polar surface area (TPSA) is 102 Å². The van der Waals surface area contributed by atoms with E-state index in [1.165, 1.54) is 55.9 Å². The highest BCUT2D eigenvalue weighted by Crippen LogP contribution is 2.56. The normalized spacial score (nSPS) is 27.7. The number of rotatable bonds is 8. The van der Waals surface area contributed by atoms with Gasteiger partial charge in [0.05, 0.1) is 6.04 Å². The lowest BCUT2D eigenvalue weighted by atomic mass is 9.74. The Morgan fingerprint density at radius 2 is 1.73 bits per heavy atom. The second-order valence-electron chi connectivity index (χ2n) is 10.6. The predicted octanol–water partition coefficient (Wildman–Crippen LogP) is 3.93. The summed E-state index contributed by atoms with van der Waals surface area (Å²) < 4.78 is 9.05. The Labute approximate surface area is 220 Å². The van der Waals surface area contributed by atoms with Gasteiger partial charge in [-0.1, -0.05) is 31.9 Å². The smallest absolute Gasteiger partial charge is 0.293 e. The van der Waals surface area contributed by atoms with Gasteiger partial charge in [0.2, 0.25) is 5.78 Å². The number of hydrogen-bond donors (Lipinski definition) is 1. The van der Waals surface area contributed by atoms with Crippen molar-refractivity contribution in [1.29, 1.82) is 0 Å². The fourth-order valence-corrected chi connectivity index (χ4v) is 6.27. The molecule has 37 heavy (non-hydrogen) atoms. The van der Waals surface area contributed by atoms with Gasteiger partial charge in [0, 0.05) is 24.8 Å². The molecule has 3 fully saturated rings. The maximum absolute atomic E-state index is 12.6. The van der Waals surface area contributed by atoms with Gasteiger partial charge >= 0.3 is 0 Å². The van der Waals surface area contributed by atoms with Crippen molar-refractivity contribution in [2.24, 2.45) is 5.92 Å². The third kappa shape index (κ3) is 7.12. The summed E-state index contributed by atoms with van der Waals surface area (Å²) in [5.74, 6) is 1.39. The first-order valence-corrected chi connectivity index (χ1v) is 13.5. The zero-order valence-electron chi connectivity index (χ0n) is 22.4. The Hall–Kier alpha value is -2.42. The van der Waals surface area contributed by atoms with Crippen LogP contribution in [0, 0.1) is 5.92 Å². The van der Waals surface area contributed by atoms with E-state index in [2.05, 4.69) is 35.0 Å². The minimum absolute atomic E-state index is 0.0758. The van der Waals surface area contributed by atoms with E-state index in [0.29, 0.717) is 30.8 Å². The zero-order valence-corrected chi connectivity index (χ0v) is 22.4. The lowest BCUT2D eigenvalue weighted by Gasteiger charge is -2.30. The number of carbonyl (C=O) groups excluding carboxylic acids is 4.